The molecule has 2 unspecified atom stereocenters. The molecule has 0 aromatic rings. The minimum absolute atomic E-state index is 0.473. The van der Waals surface area contributed by atoms with Crippen LogP contribution in [0.1, 0.15) is 130 Å². The maximum Gasteiger partial charge on any atom is 0.00392 e. The van der Waals surface area contributed by atoms with Crippen LogP contribution in [0.4, 0.5) is 0 Å². The molecule has 0 bridgehead atoms. The van der Waals surface area contributed by atoms with Crippen LogP contribution in [0.25, 0.3) is 0 Å². The molecule has 6 N–H and O–H groups in total. The Morgan fingerprint density at radius 2 is 1.06 bits per heavy atom. The molecule has 0 amide bonds. The van der Waals surface area contributed by atoms with E-state index in [2.05, 4.69) is 26.5 Å². The van der Waals surface area contributed by atoms with E-state index in [1.165, 1.54) is 103 Å². The van der Waals surface area contributed by atoms with Crippen LogP contribution in [0.5, 0.6) is 0 Å². The number of rotatable bonds is 8. The first-order valence-corrected chi connectivity index (χ1v) is 14.9. The van der Waals surface area contributed by atoms with Crippen molar-refractivity contribution in [2.24, 2.45) is 46.8 Å². The van der Waals surface area contributed by atoms with E-state index in [0.717, 1.165) is 29.6 Å². The van der Waals surface area contributed by atoms with Gasteiger partial charge in [-0.3, -0.25) is 0 Å². The van der Waals surface area contributed by atoms with Crippen LogP contribution in [0.15, 0.2) is 12.7 Å². The van der Waals surface area contributed by atoms with Crippen LogP contribution >= 0.6 is 0 Å². The number of allylic oxidation sites excluding steroid dienone is 1. The topological polar surface area (TPSA) is 78.1 Å². The summed E-state index contributed by atoms with van der Waals surface area (Å²) in [6, 6.07) is 1.45. The molecule has 3 nitrogen and oxygen atoms in total. The molecule has 0 radical (unpaired) electrons. The molecular formula is C30H61N3. The standard InChI is InChI=1S/C20H40N2.C8H15N.C2H6/c1-3-5-18(17-8-12-20(22)13-9-17)14-15(4-2)16-6-10-19(21)11-7-16;1-2-7-3-5-8(9)6-4-7;1-2/h15-20H,3-14,21-22H2,1-2H3;2,7-8H,1,3-6,9H2;1-2H3. The monoisotopic (exact) mass is 463 g/mol. The van der Waals surface area contributed by atoms with Gasteiger partial charge in [0.05, 0.1) is 0 Å². The quantitative estimate of drug-likeness (QED) is 0.325. The lowest BCUT2D eigenvalue weighted by Crippen LogP contribution is -2.33. The molecule has 3 rings (SSSR count). The molecule has 3 aliphatic carbocycles. The Labute approximate surface area is 208 Å². The highest BCUT2D eigenvalue weighted by Crippen LogP contribution is 2.41. The highest BCUT2D eigenvalue weighted by Gasteiger charge is 2.31. The summed E-state index contributed by atoms with van der Waals surface area (Å²) in [4.78, 5) is 0. The Morgan fingerprint density at radius 3 is 1.42 bits per heavy atom. The van der Waals surface area contributed by atoms with E-state index in [4.69, 9.17) is 17.2 Å². The van der Waals surface area contributed by atoms with Crippen molar-refractivity contribution in [3.8, 4) is 0 Å². The molecular weight excluding hydrogens is 402 g/mol. The minimum atomic E-state index is 0.473. The average Bonchev–Trinajstić information content (AvgIpc) is 2.85. The molecule has 3 saturated carbocycles. The first kappa shape index (κ1) is 30.7. The average molecular weight is 464 g/mol. The summed E-state index contributed by atoms with van der Waals surface area (Å²) in [5.74, 6) is 4.57. The van der Waals surface area contributed by atoms with Crippen molar-refractivity contribution < 1.29 is 0 Å². The third-order valence-electron chi connectivity index (χ3n) is 8.91. The summed E-state index contributed by atoms with van der Waals surface area (Å²) < 4.78 is 0. The lowest BCUT2D eigenvalue weighted by atomic mass is 9.68. The van der Waals surface area contributed by atoms with E-state index < -0.39 is 0 Å². The number of hydrogen-bond donors (Lipinski definition) is 3. The highest BCUT2D eigenvalue weighted by atomic mass is 14.6. The summed E-state index contributed by atoms with van der Waals surface area (Å²) in [7, 11) is 0. The van der Waals surface area contributed by atoms with Crippen LogP contribution in [0, 0.1) is 29.6 Å². The van der Waals surface area contributed by atoms with E-state index >= 15 is 0 Å². The van der Waals surface area contributed by atoms with Crippen LogP contribution in [0.2, 0.25) is 0 Å². The predicted octanol–water partition coefficient (Wildman–Crippen LogP) is 7.57. The molecule has 0 spiro atoms. The largest absolute Gasteiger partial charge is 0.328 e. The second-order valence-corrected chi connectivity index (χ2v) is 11.2. The first-order valence-electron chi connectivity index (χ1n) is 14.9. The molecule has 0 saturated heterocycles. The van der Waals surface area contributed by atoms with Gasteiger partial charge in [0.15, 0.2) is 0 Å². The van der Waals surface area contributed by atoms with Gasteiger partial charge >= 0.3 is 0 Å². The molecule has 0 aromatic heterocycles. The molecule has 3 aliphatic rings. The maximum atomic E-state index is 6.12. The van der Waals surface area contributed by atoms with Crippen LogP contribution in [-0.4, -0.2) is 18.1 Å². The Kier molecular flexibility index (Phi) is 16.7. The SMILES string of the molecule is C=CC1CCC(N)CC1.CC.CCCC(CC(CC)C1CCC(N)CC1)C1CCC(N)CC1. The number of nitrogens with two attached hydrogens (primary N) is 3. The van der Waals surface area contributed by atoms with Gasteiger partial charge in [-0.2, -0.15) is 0 Å². The van der Waals surface area contributed by atoms with Crippen molar-refractivity contribution in [2.45, 2.75) is 149 Å². The smallest absolute Gasteiger partial charge is 0.00392 e. The van der Waals surface area contributed by atoms with Gasteiger partial charge in [0.25, 0.3) is 0 Å². The zero-order valence-corrected chi connectivity index (χ0v) is 22.9. The van der Waals surface area contributed by atoms with Gasteiger partial charge in [0.2, 0.25) is 0 Å². The second-order valence-electron chi connectivity index (χ2n) is 11.2. The fourth-order valence-electron chi connectivity index (χ4n) is 6.61. The Morgan fingerprint density at radius 1 is 0.667 bits per heavy atom. The normalized spacial score (nSPS) is 34.0. The van der Waals surface area contributed by atoms with E-state index in [9.17, 15) is 0 Å². The lowest BCUT2D eigenvalue weighted by molar-refractivity contribution is 0.141. The van der Waals surface area contributed by atoms with Crippen molar-refractivity contribution in [1.29, 1.82) is 0 Å². The highest BCUT2D eigenvalue weighted by molar-refractivity contribution is 4.85. The van der Waals surface area contributed by atoms with Gasteiger partial charge in [-0.05, 0) is 113 Å². The van der Waals surface area contributed by atoms with Gasteiger partial charge in [0, 0.05) is 18.1 Å². The second kappa shape index (κ2) is 18.0. The van der Waals surface area contributed by atoms with Crippen molar-refractivity contribution in [3.05, 3.63) is 12.7 Å². The van der Waals surface area contributed by atoms with Crippen molar-refractivity contribution in [1.82, 2.24) is 0 Å². The molecule has 2 atom stereocenters. The Hall–Kier alpha value is -0.380. The fraction of sp³-hybridized carbons (Fsp3) is 0.933. The molecule has 0 aliphatic heterocycles. The summed E-state index contributed by atoms with van der Waals surface area (Å²) >= 11 is 0. The minimum Gasteiger partial charge on any atom is -0.328 e. The van der Waals surface area contributed by atoms with E-state index in [0.29, 0.717) is 18.1 Å². The van der Waals surface area contributed by atoms with Gasteiger partial charge in [-0.1, -0.05) is 53.0 Å². The third-order valence-corrected chi connectivity index (χ3v) is 8.91. The van der Waals surface area contributed by atoms with Crippen LogP contribution in [0.3, 0.4) is 0 Å². The fourth-order valence-corrected chi connectivity index (χ4v) is 6.61. The zero-order chi connectivity index (χ0) is 24.6. The molecule has 33 heavy (non-hydrogen) atoms. The summed E-state index contributed by atoms with van der Waals surface area (Å²) in [5, 5.41) is 0. The van der Waals surface area contributed by atoms with Crippen molar-refractivity contribution in [3.63, 3.8) is 0 Å². The van der Waals surface area contributed by atoms with Gasteiger partial charge in [-0.25, -0.2) is 0 Å². The van der Waals surface area contributed by atoms with Gasteiger partial charge < -0.3 is 17.2 Å². The van der Waals surface area contributed by atoms with Crippen LogP contribution < -0.4 is 17.2 Å². The predicted molar refractivity (Wildman–Crippen MR) is 148 cm³/mol. The van der Waals surface area contributed by atoms with Crippen molar-refractivity contribution in [2.75, 3.05) is 0 Å². The summed E-state index contributed by atoms with van der Waals surface area (Å²) in [5.41, 5.74) is 17.9. The van der Waals surface area contributed by atoms with Crippen LogP contribution in [-0.2, 0) is 0 Å². The molecule has 3 heteroatoms. The lowest BCUT2D eigenvalue weighted by Gasteiger charge is -2.38. The summed E-state index contributed by atoms with van der Waals surface area (Å²) in [6.45, 7) is 12.5. The molecule has 196 valence electrons. The Bertz CT molecular complexity index is 455. The summed E-state index contributed by atoms with van der Waals surface area (Å²) in [6.07, 6.45) is 23.2. The third kappa shape index (κ3) is 11.7. The molecule has 0 heterocycles. The molecule has 0 aromatic carbocycles. The molecule has 3 fully saturated rings. The maximum absolute atomic E-state index is 6.12. The zero-order valence-electron chi connectivity index (χ0n) is 22.9. The number of hydrogen-bond acceptors (Lipinski definition) is 3. The van der Waals surface area contributed by atoms with Crippen molar-refractivity contribution >= 4 is 0 Å². The van der Waals surface area contributed by atoms with E-state index in [1.54, 1.807) is 0 Å². The van der Waals surface area contributed by atoms with E-state index in [-0.39, 0.29) is 0 Å². The van der Waals surface area contributed by atoms with Gasteiger partial charge in [-0.15, -0.1) is 6.58 Å². The van der Waals surface area contributed by atoms with Gasteiger partial charge in [0.1, 0.15) is 0 Å². The van der Waals surface area contributed by atoms with E-state index in [1.807, 2.05) is 13.8 Å². The first-order chi connectivity index (χ1) is 16.0. The Balaban J connectivity index is 0.000000412.